The Morgan fingerprint density at radius 3 is 2.73 bits per heavy atom. The zero-order chi connectivity index (χ0) is 15.9. The van der Waals surface area contributed by atoms with E-state index in [-0.39, 0.29) is 30.4 Å². The first-order valence-electron chi connectivity index (χ1n) is 7.41. The lowest BCUT2D eigenvalue weighted by molar-refractivity contribution is -0.149. The number of halogens is 1. The minimum Gasteiger partial charge on any atom is -0.456 e. The molecule has 0 aromatic heterocycles. The highest BCUT2D eigenvalue weighted by molar-refractivity contribution is 9.10. The minimum atomic E-state index is -0.317. The number of hydrogen-bond acceptors (Lipinski definition) is 3. The molecule has 2 rings (SSSR count). The average Bonchev–Trinajstić information content (AvgIpc) is 2.98. The van der Waals surface area contributed by atoms with E-state index in [1.807, 2.05) is 37.3 Å². The van der Waals surface area contributed by atoms with Crippen LogP contribution in [0.1, 0.15) is 37.8 Å². The molecular weight excluding hydrogens is 346 g/mol. The van der Waals surface area contributed by atoms with Gasteiger partial charge in [0.1, 0.15) is 0 Å². The Balaban J connectivity index is 1.71. The van der Waals surface area contributed by atoms with Crippen LogP contribution in [0.3, 0.4) is 0 Å². The maximum Gasteiger partial charge on any atom is 0.306 e. The number of ether oxygens (including phenoxy) is 1. The summed E-state index contributed by atoms with van der Waals surface area (Å²) in [5.41, 5.74) is 0.999. The highest BCUT2D eigenvalue weighted by Crippen LogP contribution is 2.20. The molecule has 1 amide bonds. The van der Waals surface area contributed by atoms with E-state index in [0.717, 1.165) is 22.9 Å². The molecule has 118 valence electrons. The molecule has 1 aliphatic carbocycles. The number of nitrogens with one attached hydrogen (secondary N) is 1. The summed E-state index contributed by atoms with van der Waals surface area (Å²) in [5, 5.41) is 2.82. The van der Waals surface area contributed by atoms with Gasteiger partial charge in [0.2, 0.25) is 0 Å². The predicted molar refractivity (Wildman–Crippen MR) is 88.1 cm³/mol. The minimum absolute atomic E-state index is 0.128. The lowest BCUT2D eigenvalue weighted by Crippen LogP contribution is -2.31. The lowest BCUT2D eigenvalue weighted by atomic mass is 10.1. The Morgan fingerprint density at radius 2 is 2.09 bits per heavy atom. The number of carbonyl (C=O) groups is 2. The smallest absolute Gasteiger partial charge is 0.306 e. The maximum absolute atomic E-state index is 11.8. The molecule has 0 fully saturated rings. The molecule has 0 radical (unpaired) electrons. The molecule has 0 heterocycles. The van der Waals surface area contributed by atoms with Crippen molar-refractivity contribution in [2.24, 2.45) is 5.92 Å². The number of hydrogen-bond donors (Lipinski definition) is 1. The van der Waals surface area contributed by atoms with Crippen LogP contribution < -0.4 is 5.32 Å². The van der Waals surface area contributed by atoms with Gasteiger partial charge in [-0.3, -0.25) is 9.59 Å². The van der Waals surface area contributed by atoms with Gasteiger partial charge in [-0.1, -0.05) is 40.2 Å². The Morgan fingerprint density at radius 1 is 1.36 bits per heavy atom. The molecule has 0 aliphatic heterocycles. The first-order chi connectivity index (χ1) is 10.5. The third-order valence-corrected chi connectivity index (χ3v) is 4.18. The summed E-state index contributed by atoms with van der Waals surface area (Å²) in [6.45, 7) is 1.67. The molecule has 1 N–H and O–H groups in total. The van der Waals surface area contributed by atoms with E-state index in [1.54, 1.807) is 0 Å². The van der Waals surface area contributed by atoms with Crippen molar-refractivity contribution in [3.8, 4) is 0 Å². The molecule has 0 saturated heterocycles. The van der Waals surface area contributed by atoms with Crippen LogP contribution in [0.25, 0.3) is 0 Å². The summed E-state index contributed by atoms with van der Waals surface area (Å²) in [6.07, 6.45) is 6.47. The lowest BCUT2D eigenvalue weighted by Gasteiger charge is -2.15. The zero-order valence-electron chi connectivity index (χ0n) is 12.5. The van der Waals surface area contributed by atoms with E-state index >= 15 is 0 Å². The van der Waals surface area contributed by atoms with Gasteiger partial charge in [0.15, 0.2) is 6.61 Å². The van der Waals surface area contributed by atoms with Gasteiger partial charge >= 0.3 is 5.97 Å². The van der Waals surface area contributed by atoms with E-state index in [1.165, 1.54) is 0 Å². The highest BCUT2D eigenvalue weighted by Gasteiger charge is 2.16. The third kappa shape index (κ3) is 5.30. The molecule has 1 aliphatic rings. The molecule has 1 aromatic rings. The molecule has 2 atom stereocenters. The van der Waals surface area contributed by atoms with Gasteiger partial charge in [-0.25, -0.2) is 0 Å². The summed E-state index contributed by atoms with van der Waals surface area (Å²) < 4.78 is 6.02. The van der Waals surface area contributed by atoms with Crippen molar-refractivity contribution in [3.63, 3.8) is 0 Å². The van der Waals surface area contributed by atoms with Gasteiger partial charge < -0.3 is 10.1 Å². The van der Waals surface area contributed by atoms with Crippen LogP contribution in [-0.4, -0.2) is 18.5 Å². The van der Waals surface area contributed by atoms with Gasteiger partial charge in [-0.2, -0.15) is 0 Å². The number of rotatable bonds is 6. The van der Waals surface area contributed by atoms with Crippen molar-refractivity contribution < 1.29 is 14.3 Å². The van der Waals surface area contributed by atoms with Crippen LogP contribution >= 0.6 is 15.9 Å². The summed E-state index contributed by atoms with van der Waals surface area (Å²) in [6, 6.07) is 7.60. The van der Waals surface area contributed by atoms with Gasteiger partial charge in [0, 0.05) is 4.47 Å². The molecule has 0 unspecified atom stereocenters. The van der Waals surface area contributed by atoms with Gasteiger partial charge in [-0.15, -0.1) is 0 Å². The Hall–Kier alpha value is -1.62. The van der Waals surface area contributed by atoms with Gasteiger partial charge in [0.05, 0.1) is 12.5 Å². The summed E-state index contributed by atoms with van der Waals surface area (Å²) >= 11 is 3.37. The zero-order valence-corrected chi connectivity index (χ0v) is 14.1. The second kappa shape index (κ2) is 8.13. The molecule has 1 aromatic carbocycles. The van der Waals surface area contributed by atoms with Gasteiger partial charge in [0.25, 0.3) is 5.91 Å². The van der Waals surface area contributed by atoms with Crippen molar-refractivity contribution in [1.82, 2.24) is 5.32 Å². The summed E-state index contributed by atoms with van der Waals surface area (Å²) in [7, 11) is 0. The van der Waals surface area contributed by atoms with Crippen LogP contribution in [0.4, 0.5) is 0 Å². The van der Waals surface area contributed by atoms with Crippen molar-refractivity contribution in [2.75, 3.05) is 6.61 Å². The Labute approximate surface area is 139 Å². The van der Waals surface area contributed by atoms with E-state index in [9.17, 15) is 9.59 Å². The Kier molecular flexibility index (Phi) is 6.19. The first-order valence-corrected chi connectivity index (χ1v) is 8.21. The average molecular weight is 366 g/mol. The molecule has 5 heteroatoms. The number of allylic oxidation sites excluding steroid dienone is 2. The number of benzene rings is 1. The SMILES string of the molecule is C[C@@H](NC(=O)COC(=O)C[C@@H]1C=CCC1)c1ccc(Br)cc1. The molecule has 22 heavy (non-hydrogen) atoms. The van der Waals surface area contributed by atoms with Crippen LogP contribution in [-0.2, 0) is 14.3 Å². The molecule has 0 saturated carbocycles. The largest absolute Gasteiger partial charge is 0.456 e. The Bertz CT molecular complexity index is 554. The van der Waals surface area contributed by atoms with E-state index < -0.39 is 0 Å². The summed E-state index contributed by atoms with van der Waals surface area (Å²) in [4.78, 5) is 23.5. The fourth-order valence-electron chi connectivity index (χ4n) is 2.40. The van der Waals surface area contributed by atoms with Crippen LogP contribution in [0.15, 0.2) is 40.9 Å². The van der Waals surface area contributed by atoms with E-state index in [2.05, 4.69) is 27.3 Å². The number of amides is 1. The molecule has 4 nitrogen and oxygen atoms in total. The van der Waals surface area contributed by atoms with Crippen molar-refractivity contribution >= 4 is 27.8 Å². The molecule has 0 spiro atoms. The second-order valence-electron chi connectivity index (χ2n) is 5.47. The predicted octanol–water partition coefficient (Wildman–Crippen LogP) is 3.53. The summed E-state index contributed by atoms with van der Waals surface area (Å²) in [5.74, 6) is -0.342. The maximum atomic E-state index is 11.8. The van der Waals surface area contributed by atoms with Crippen LogP contribution in [0, 0.1) is 5.92 Å². The first kappa shape index (κ1) is 16.7. The fraction of sp³-hybridized carbons (Fsp3) is 0.412. The quantitative estimate of drug-likeness (QED) is 0.619. The highest BCUT2D eigenvalue weighted by atomic mass is 79.9. The second-order valence-corrected chi connectivity index (χ2v) is 6.39. The van der Waals surface area contributed by atoms with Crippen molar-refractivity contribution in [1.29, 1.82) is 0 Å². The van der Waals surface area contributed by atoms with Crippen LogP contribution in [0.2, 0.25) is 0 Å². The van der Waals surface area contributed by atoms with Crippen molar-refractivity contribution in [3.05, 3.63) is 46.5 Å². The standard InChI is InChI=1S/C17H20BrNO3/c1-12(14-6-8-15(18)9-7-14)19-16(20)11-22-17(21)10-13-4-2-3-5-13/h2,4,6-9,12-13H,3,5,10-11H2,1H3,(H,19,20)/t12-,13-/m1/s1. The normalized spacial score (nSPS) is 18.0. The number of carbonyl (C=O) groups excluding carboxylic acids is 2. The molecular formula is C17H20BrNO3. The molecule has 0 bridgehead atoms. The van der Waals surface area contributed by atoms with Gasteiger partial charge in [-0.05, 0) is 43.4 Å². The monoisotopic (exact) mass is 365 g/mol. The van der Waals surface area contributed by atoms with E-state index in [4.69, 9.17) is 4.74 Å². The fourth-order valence-corrected chi connectivity index (χ4v) is 2.67. The topological polar surface area (TPSA) is 55.4 Å². The van der Waals surface area contributed by atoms with Crippen molar-refractivity contribution in [2.45, 2.75) is 32.2 Å². The van der Waals surface area contributed by atoms with Crippen LogP contribution in [0.5, 0.6) is 0 Å². The number of esters is 1. The van der Waals surface area contributed by atoms with E-state index in [0.29, 0.717) is 6.42 Å². The third-order valence-electron chi connectivity index (χ3n) is 3.65.